The SMILES string of the molecule is COC(=O)[C@H](CC(C)C)NC(=O)[C@H](CC(C)C)NC(=O)[C@H](CC(C)C)NC(=O)CN1CCN(C)CC1. The van der Waals surface area contributed by atoms with Crippen molar-refractivity contribution >= 4 is 23.7 Å². The van der Waals surface area contributed by atoms with Gasteiger partial charge in [0, 0.05) is 26.2 Å². The molecule has 1 fully saturated rings. The van der Waals surface area contributed by atoms with Crippen LogP contribution >= 0.6 is 0 Å². The Bertz CT molecular complexity index is 720. The molecule has 3 amide bonds. The maximum atomic E-state index is 13.3. The molecule has 0 saturated carbocycles. The fourth-order valence-electron chi connectivity index (χ4n) is 4.23. The van der Waals surface area contributed by atoms with E-state index in [1.807, 2.05) is 41.5 Å². The van der Waals surface area contributed by atoms with Crippen LogP contribution < -0.4 is 16.0 Å². The molecule has 0 aliphatic carbocycles. The van der Waals surface area contributed by atoms with Crippen LogP contribution in [0.4, 0.5) is 0 Å². The summed E-state index contributed by atoms with van der Waals surface area (Å²) in [7, 11) is 3.34. The average Bonchev–Trinajstić information content (AvgIpc) is 2.77. The Morgan fingerprint density at radius 3 is 1.56 bits per heavy atom. The quantitative estimate of drug-likeness (QED) is 0.298. The highest BCUT2D eigenvalue weighted by Gasteiger charge is 2.31. The first kappa shape index (κ1) is 31.8. The summed E-state index contributed by atoms with van der Waals surface area (Å²) < 4.78 is 4.85. The third-order valence-corrected chi connectivity index (χ3v) is 6.17. The summed E-state index contributed by atoms with van der Waals surface area (Å²) in [6.07, 6.45) is 1.28. The summed E-state index contributed by atoms with van der Waals surface area (Å²) in [6.45, 7) is 15.4. The molecule has 208 valence electrons. The van der Waals surface area contributed by atoms with Gasteiger partial charge >= 0.3 is 5.97 Å². The van der Waals surface area contributed by atoms with Gasteiger partial charge in [-0.3, -0.25) is 19.3 Å². The van der Waals surface area contributed by atoms with Crippen molar-refractivity contribution < 1.29 is 23.9 Å². The number of likely N-dealkylation sites (N-methyl/N-ethyl adjacent to an activating group) is 1. The number of hydrogen-bond acceptors (Lipinski definition) is 7. The van der Waals surface area contributed by atoms with E-state index >= 15 is 0 Å². The zero-order chi connectivity index (χ0) is 27.4. The lowest BCUT2D eigenvalue weighted by Gasteiger charge is -2.32. The summed E-state index contributed by atoms with van der Waals surface area (Å²) in [4.78, 5) is 55.7. The van der Waals surface area contributed by atoms with Crippen molar-refractivity contribution in [2.24, 2.45) is 17.8 Å². The topological polar surface area (TPSA) is 120 Å². The van der Waals surface area contributed by atoms with Crippen molar-refractivity contribution in [3.8, 4) is 0 Å². The highest BCUT2D eigenvalue weighted by atomic mass is 16.5. The number of nitrogens with zero attached hydrogens (tertiary/aromatic N) is 2. The number of amides is 3. The van der Waals surface area contributed by atoms with Crippen molar-refractivity contribution in [3.63, 3.8) is 0 Å². The molecule has 0 radical (unpaired) electrons. The fraction of sp³-hybridized carbons (Fsp3) is 0.846. The Labute approximate surface area is 217 Å². The predicted octanol–water partition coefficient (Wildman–Crippen LogP) is 1.000. The monoisotopic (exact) mass is 511 g/mol. The number of carbonyl (C=O) groups is 4. The molecule has 1 saturated heterocycles. The number of hydrogen-bond donors (Lipinski definition) is 3. The smallest absolute Gasteiger partial charge is 0.328 e. The van der Waals surface area contributed by atoms with E-state index in [4.69, 9.17) is 4.74 Å². The van der Waals surface area contributed by atoms with Crippen LogP contribution in [0.2, 0.25) is 0 Å². The second kappa shape index (κ2) is 15.8. The summed E-state index contributed by atoms with van der Waals surface area (Å²) in [5.74, 6) is -1.09. The molecule has 0 bridgehead atoms. The first-order valence-electron chi connectivity index (χ1n) is 13.2. The van der Waals surface area contributed by atoms with Gasteiger partial charge in [-0.05, 0) is 44.1 Å². The second-order valence-electron chi connectivity index (χ2n) is 11.2. The van der Waals surface area contributed by atoms with E-state index in [9.17, 15) is 19.2 Å². The molecule has 10 heteroatoms. The van der Waals surface area contributed by atoms with Gasteiger partial charge in [0.1, 0.15) is 18.1 Å². The molecule has 0 aromatic heterocycles. The maximum absolute atomic E-state index is 13.3. The molecular weight excluding hydrogens is 462 g/mol. The molecule has 0 unspecified atom stereocenters. The van der Waals surface area contributed by atoms with Gasteiger partial charge in [0.25, 0.3) is 0 Å². The number of nitrogens with one attached hydrogen (secondary N) is 3. The van der Waals surface area contributed by atoms with E-state index in [-0.39, 0.29) is 30.2 Å². The fourth-order valence-corrected chi connectivity index (χ4v) is 4.23. The van der Waals surface area contributed by atoms with Crippen LogP contribution in [0.5, 0.6) is 0 Å². The number of esters is 1. The maximum Gasteiger partial charge on any atom is 0.328 e. The van der Waals surface area contributed by atoms with Gasteiger partial charge in [-0.1, -0.05) is 41.5 Å². The van der Waals surface area contributed by atoms with Crippen LogP contribution in [0.15, 0.2) is 0 Å². The van der Waals surface area contributed by atoms with Gasteiger partial charge in [0.05, 0.1) is 13.7 Å². The lowest BCUT2D eigenvalue weighted by atomic mass is 9.99. The molecular formula is C26H49N5O5. The second-order valence-corrected chi connectivity index (χ2v) is 11.2. The van der Waals surface area contributed by atoms with Crippen molar-refractivity contribution in [3.05, 3.63) is 0 Å². The molecule has 3 atom stereocenters. The van der Waals surface area contributed by atoms with E-state index < -0.39 is 35.9 Å². The number of rotatable bonds is 14. The summed E-state index contributed by atoms with van der Waals surface area (Å²) in [5.41, 5.74) is 0. The van der Waals surface area contributed by atoms with Gasteiger partial charge in [-0.25, -0.2) is 4.79 Å². The van der Waals surface area contributed by atoms with Crippen LogP contribution in [-0.4, -0.2) is 98.5 Å². The minimum Gasteiger partial charge on any atom is -0.467 e. The molecule has 1 heterocycles. The summed E-state index contributed by atoms with van der Waals surface area (Å²) in [5, 5.41) is 8.49. The van der Waals surface area contributed by atoms with Crippen LogP contribution in [-0.2, 0) is 23.9 Å². The minimum absolute atomic E-state index is 0.123. The Hall–Kier alpha value is -2.20. The number of piperazine rings is 1. The Morgan fingerprint density at radius 2 is 1.11 bits per heavy atom. The number of carbonyl (C=O) groups excluding carboxylic acids is 4. The van der Waals surface area contributed by atoms with Gasteiger partial charge in [-0.2, -0.15) is 0 Å². The van der Waals surface area contributed by atoms with Crippen LogP contribution in [0.1, 0.15) is 60.8 Å². The molecule has 0 spiro atoms. The van der Waals surface area contributed by atoms with E-state index in [2.05, 4.69) is 32.8 Å². The van der Waals surface area contributed by atoms with E-state index in [1.54, 1.807) is 0 Å². The largest absolute Gasteiger partial charge is 0.467 e. The molecule has 0 aromatic carbocycles. The highest BCUT2D eigenvalue weighted by Crippen LogP contribution is 2.11. The molecule has 1 rings (SSSR count). The molecule has 10 nitrogen and oxygen atoms in total. The van der Waals surface area contributed by atoms with E-state index in [0.717, 1.165) is 26.2 Å². The van der Waals surface area contributed by atoms with E-state index in [1.165, 1.54) is 7.11 Å². The van der Waals surface area contributed by atoms with Crippen molar-refractivity contribution in [1.82, 2.24) is 25.8 Å². The molecule has 1 aliphatic rings. The number of ether oxygens (including phenoxy) is 1. The molecule has 0 aromatic rings. The first-order valence-corrected chi connectivity index (χ1v) is 13.2. The highest BCUT2D eigenvalue weighted by molar-refractivity contribution is 5.93. The average molecular weight is 512 g/mol. The van der Waals surface area contributed by atoms with Crippen molar-refractivity contribution in [2.75, 3.05) is 46.9 Å². The van der Waals surface area contributed by atoms with Gasteiger partial charge in [0.2, 0.25) is 17.7 Å². The third-order valence-electron chi connectivity index (χ3n) is 6.17. The third kappa shape index (κ3) is 12.2. The Morgan fingerprint density at radius 1 is 0.694 bits per heavy atom. The summed E-state index contributed by atoms with van der Waals surface area (Å²) in [6, 6.07) is -2.37. The van der Waals surface area contributed by atoms with Gasteiger partial charge < -0.3 is 25.6 Å². The molecule has 3 N–H and O–H groups in total. The normalized spacial score (nSPS) is 17.5. The van der Waals surface area contributed by atoms with Crippen molar-refractivity contribution in [2.45, 2.75) is 78.9 Å². The zero-order valence-electron chi connectivity index (χ0n) is 23.6. The predicted molar refractivity (Wildman–Crippen MR) is 140 cm³/mol. The first-order chi connectivity index (χ1) is 16.8. The van der Waals surface area contributed by atoms with Gasteiger partial charge in [0.15, 0.2) is 0 Å². The van der Waals surface area contributed by atoms with Gasteiger partial charge in [-0.15, -0.1) is 0 Å². The molecule has 1 aliphatic heterocycles. The number of methoxy groups -OCH3 is 1. The standard InChI is InChI=1S/C26H49N5O5/c1-17(2)13-20(27-23(32)16-31-11-9-30(7)10-12-31)24(33)28-21(14-18(3)4)25(34)29-22(15-19(5)6)26(35)36-8/h17-22H,9-16H2,1-8H3,(H,27,32)(H,28,33)(H,29,34)/t20-,21-,22-/m0/s1. The van der Waals surface area contributed by atoms with Crippen LogP contribution in [0, 0.1) is 17.8 Å². The van der Waals surface area contributed by atoms with Crippen LogP contribution in [0.3, 0.4) is 0 Å². The lowest BCUT2D eigenvalue weighted by Crippen LogP contribution is -2.57. The molecule has 36 heavy (non-hydrogen) atoms. The van der Waals surface area contributed by atoms with Crippen LogP contribution in [0.25, 0.3) is 0 Å². The zero-order valence-corrected chi connectivity index (χ0v) is 23.6. The Kier molecular flexibility index (Phi) is 14.0. The minimum atomic E-state index is -0.832. The van der Waals surface area contributed by atoms with Crippen molar-refractivity contribution in [1.29, 1.82) is 0 Å². The summed E-state index contributed by atoms with van der Waals surface area (Å²) >= 11 is 0. The van der Waals surface area contributed by atoms with E-state index in [0.29, 0.717) is 19.3 Å². The lowest BCUT2D eigenvalue weighted by molar-refractivity contribution is -0.146. The Balaban J connectivity index is 2.90.